The fraction of sp³-hybridized carbons (Fsp3) is 0.400. The maximum atomic E-state index is 12.1. The molecule has 1 rings (SSSR count). The molecule has 0 aliphatic heterocycles. The Hall–Kier alpha value is -0.470. The molecule has 0 saturated heterocycles. The first-order valence-electron chi connectivity index (χ1n) is 5.37. The Kier molecular flexibility index (Phi) is 6.15. The molecule has 1 aromatic rings. The second-order valence-electron chi connectivity index (χ2n) is 3.61. The zero-order valence-electron chi connectivity index (χ0n) is 10.9. The number of nitrogens with two attached hydrogens (primary N) is 1. The summed E-state index contributed by atoms with van der Waals surface area (Å²) in [6.07, 6.45) is -0.752. The fourth-order valence-corrected chi connectivity index (χ4v) is 4.17. The summed E-state index contributed by atoms with van der Waals surface area (Å²) < 4.78 is 49.9. The molecule has 20 heavy (non-hydrogen) atoms. The molecule has 10 heteroatoms. The minimum Gasteiger partial charge on any atom is -0.326 e. The second kappa shape index (κ2) is 7.00. The zero-order chi connectivity index (χ0) is 15.4. The normalized spacial score (nSPS) is 12.6. The minimum absolute atomic E-state index is 0.0300. The van der Waals surface area contributed by atoms with E-state index in [4.69, 9.17) is 21.5 Å². The van der Waals surface area contributed by atoms with Gasteiger partial charge in [-0.05, 0) is 11.6 Å². The first-order valence-corrected chi connectivity index (χ1v) is 8.88. The molecule has 0 saturated carbocycles. The maximum Gasteiger partial charge on any atom is 0.357 e. The van der Waals surface area contributed by atoms with Crippen LogP contribution in [0.15, 0.2) is 23.1 Å². The molecule has 0 aliphatic carbocycles. The molecule has 0 atom stereocenters. The van der Waals surface area contributed by atoms with Crippen LogP contribution >= 0.6 is 19.2 Å². The van der Waals surface area contributed by atoms with E-state index in [9.17, 15) is 13.0 Å². The molecule has 0 radical (unpaired) electrons. The van der Waals surface area contributed by atoms with Gasteiger partial charge in [-0.1, -0.05) is 23.7 Å². The van der Waals surface area contributed by atoms with Crippen molar-refractivity contribution >= 4 is 29.3 Å². The van der Waals surface area contributed by atoms with Crippen LogP contribution in [0, 0.1) is 0 Å². The van der Waals surface area contributed by atoms with E-state index in [0.717, 1.165) is 14.2 Å². The van der Waals surface area contributed by atoms with Crippen molar-refractivity contribution in [2.24, 2.45) is 5.73 Å². The summed E-state index contributed by atoms with van der Waals surface area (Å²) in [7, 11) is -5.59. The molecular weight excluding hydrogens is 329 g/mol. The lowest BCUT2D eigenvalue weighted by molar-refractivity contribution is 0.242. The van der Waals surface area contributed by atoms with Crippen LogP contribution in [0.5, 0.6) is 0 Å². The molecule has 0 spiro atoms. The van der Waals surface area contributed by atoms with E-state index >= 15 is 0 Å². The zero-order valence-corrected chi connectivity index (χ0v) is 13.4. The lowest BCUT2D eigenvalue weighted by atomic mass is 10.2. The van der Waals surface area contributed by atoms with Crippen LogP contribution in [0.3, 0.4) is 0 Å². The van der Waals surface area contributed by atoms with E-state index in [2.05, 4.69) is 9.05 Å². The van der Waals surface area contributed by atoms with Crippen LogP contribution < -0.4 is 5.73 Å². The van der Waals surface area contributed by atoms with E-state index in [-0.39, 0.29) is 16.5 Å². The third kappa shape index (κ3) is 4.02. The standard InChI is InChI=1S/C10H15ClNO6PS/c1-16-19(13,17-2)7-18-20(14,15)10-8(6-12)4-3-5-9(10)11/h3-5H,6-7,12H2,1-2H3. The Balaban J connectivity index is 3.10. The largest absolute Gasteiger partial charge is 0.357 e. The summed E-state index contributed by atoms with van der Waals surface area (Å²) >= 11 is 5.86. The van der Waals surface area contributed by atoms with Crippen LogP contribution in [0.4, 0.5) is 0 Å². The van der Waals surface area contributed by atoms with Crippen LogP contribution in [0.25, 0.3) is 0 Å². The first-order chi connectivity index (χ1) is 9.29. The average molecular weight is 344 g/mol. The van der Waals surface area contributed by atoms with E-state index in [0.29, 0.717) is 5.56 Å². The van der Waals surface area contributed by atoms with Crippen LogP contribution in [0.1, 0.15) is 5.56 Å². The van der Waals surface area contributed by atoms with Crippen molar-refractivity contribution in [3.63, 3.8) is 0 Å². The van der Waals surface area contributed by atoms with Crippen LogP contribution in [-0.4, -0.2) is 29.0 Å². The van der Waals surface area contributed by atoms with E-state index < -0.39 is 24.1 Å². The van der Waals surface area contributed by atoms with Crippen LogP contribution in [-0.2, 0) is 34.5 Å². The molecule has 114 valence electrons. The highest BCUT2D eigenvalue weighted by Crippen LogP contribution is 2.47. The monoisotopic (exact) mass is 343 g/mol. The lowest BCUT2D eigenvalue weighted by Crippen LogP contribution is -2.13. The van der Waals surface area contributed by atoms with Gasteiger partial charge in [-0.25, -0.2) is 0 Å². The van der Waals surface area contributed by atoms with E-state index in [1.54, 1.807) is 6.07 Å². The Morgan fingerprint density at radius 3 is 2.40 bits per heavy atom. The summed E-state index contributed by atoms with van der Waals surface area (Å²) in [5, 5.41) is -0.0300. The van der Waals surface area contributed by atoms with Gasteiger partial charge in [0.1, 0.15) is 4.90 Å². The predicted molar refractivity (Wildman–Crippen MR) is 74.1 cm³/mol. The molecule has 0 unspecified atom stereocenters. The van der Waals surface area contributed by atoms with Gasteiger partial charge >= 0.3 is 7.60 Å². The van der Waals surface area contributed by atoms with Gasteiger partial charge in [-0.15, -0.1) is 0 Å². The highest BCUT2D eigenvalue weighted by Gasteiger charge is 2.29. The summed E-state index contributed by atoms with van der Waals surface area (Å²) in [4.78, 5) is -0.247. The summed E-state index contributed by atoms with van der Waals surface area (Å²) in [5.74, 6) is 0. The Labute approximate surface area is 122 Å². The highest BCUT2D eigenvalue weighted by atomic mass is 35.5. The number of rotatable bonds is 7. The Morgan fingerprint density at radius 2 is 1.90 bits per heavy atom. The number of hydrogen-bond acceptors (Lipinski definition) is 7. The third-order valence-corrected chi connectivity index (χ3v) is 6.01. The van der Waals surface area contributed by atoms with Gasteiger partial charge in [-0.3, -0.25) is 8.75 Å². The van der Waals surface area contributed by atoms with E-state index in [1.165, 1.54) is 12.1 Å². The summed E-state index contributed by atoms with van der Waals surface area (Å²) in [6.45, 7) is -0.0370. The van der Waals surface area contributed by atoms with Crippen molar-refractivity contribution < 1.29 is 26.2 Å². The van der Waals surface area contributed by atoms with Crippen molar-refractivity contribution in [3.05, 3.63) is 28.8 Å². The van der Waals surface area contributed by atoms with Crippen molar-refractivity contribution in [2.45, 2.75) is 11.4 Å². The molecular formula is C10H15ClNO6PS. The summed E-state index contributed by atoms with van der Waals surface area (Å²) in [5.41, 5.74) is 5.76. The molecule has 0 fully saturated rings. The second-order valence-corrected chi connectivity index (χ2v) is 7.78. The van der Waals surface area contributed by atoms with Gasteiger partial charge in [0.15, 0.2) is 6.35 Å². The van der Waals surface area contributed by atoms with Crippen LogP contribution in [0.2, 0.25) is 5.02 Å². The molecule has 0 aromatic heterocycles. The predicted octanol–water partition coefficient (Wildman–Crippen LogP) is 1.95. The molecule has 0 heterocycles. The highest BCUT2D eigenvalue weighted by molar-refractivity contribution is 7.87. The van der Waals surface area contributed by atoms with Crippen molar-refractivity contribution in [3.8, 4) is 0 Å². The number of hydrogen-bond donors (Lipinski definition) is 1. The Morgan fingerprint density at radius 1 is 1.30 bits per heavy atom. The SMILES string of the molecule is COP(=O)(COS(=O)(=O)c1c(Cl)cccc1CN)OC. The molecule has 0 amide bonds. The quantitative estimate of drug-likeness (QED) is 0.595. The van der Waals surface area contributed by atoms with Gasteiger partial charge < -0.3 is 14.8 Å². The minimum atomic E-state index is -4.23. The fourth-order valence-electron chi connectivity index (χ4n) is 1.37. The molecule has 0 aliphatic rings. The average Bonchev–Trinajstić information content (AvgIpc) is 2.44. The molecule has 7 nitrogen and oxygen atoms in total. The smallest absolute Gasteiger partial charge is 0.326 e. The number of halogens is 1. The topological polar surface area (TPSA) is 105 Å². The lowest BCUT2D eigenvalue weighted by Gasteiger charge is -2.15. The Bertz CT molecular complexity index is 612. The van der Waals surface area contributed by atoms with Gasteiger partial charge in [0, 0.05) is 20.8 Å². The van der Waals surface area contributed by atoms with Gasteiger partial charge in [0.2, 0.25) is 0 Å². The third-order valence-electron chi connectivity index (χ3n) is 2.44. The maximum absolute atomic E-state index is 12.1. The summed E-state index contributed by atoms with van der Waals surface area (Å²) in [6, 6.07) is 4.47. The molecule has 2 N–H and O–H groups in total. The van der Waals surface area contributed by atoms with Gasteiger partial charge in [0.25, 0.3) is 10.1 Å². The van der Waals surface area contributed by atoms with Crippen molar-refractivity contribution in [1.82, 2.24) is 0 Å². The van der Waals surface area contributed by atoms with Crippen molar-refractivity contribution in [2.75, 3.05) is 20.6 Å². The van der Waals surface area contributed by atoms with Gasteiger partial charge in [-0.2, -0.15) is 8.42 Å². The molecule has 1 aromatic carbocycles. The first kappa shape index (κ1) is 17.6. The number of benzene rings is 1. The molecule has 0 bridgehead atoms. The van der Waals surface area contributed by atoms with E-state index in [1.807, 2.05) is 0 Å². The van der Waals surface area contributed by atoms with Crippen molar-refractivity contribution in [1.29, 1.82) is 0 Å². The van der Waals surface area contributed by atoms with Gasteiger partial charge in [0.05, 0.1) is 5.02 Å².